The largest absolute Gasteiger partial charge is 0.491 e. The smallest absolute Gasteiger partial charge is 0.269 e. The molecule has 29 heavy (non-hydrogen) atoms. The number of hydrazine groups is 1. The number of ether oxygens (including phenoxy) is 2. The molecule has 154 valence electrons. The number of amides is 3. The Morgan fingerprint density at radius 1 is 0.828 bits per heavy atom. The van der Waals surface area contributed by atoms with Crippen molar-refractivity contribution >= 4 is 23.4 Å². The molecule has 0 aliphatic carbocycles. The maximum Gasteiger partial charge on any atom is 0.269 e. The Morgan fingerprint density at radius 2 is 1.52 bits per heavy atom. The van der Waals surface area contributed by atoms with Crippen molar-refractivity contribution in [1.82, 2.24) is 10.9 Å². The number of hydrogen-bond donors (Lipinski definition) is 3. The third-order valence-electron chi connectivity index (χ3n) is 3.77. The highest BCUT2D eigenvalue weighted by Gasteiger charge is 2.10. The molecule has 0 aliphatic heterocycles. The zero-order valence-corrected chi connectivity index (χ0v) is 16.3. The monoisotopic (exact) mass is 399 g/mol. The number of carbonyl (C=O) groups excluding carboxylic acids is 3. The molecule has 2 rings (SSSR count). The highest BCUT2D eigenvalue weighted by molar-refractivity contribution is 5.96. The lowest BCUT2D eigenvalue weighted by atomic mass is 10.2. The predicted octanol–water partition coefficient (Wildman–Crippen LogP) is 2.28. The molecule has 0 aliphatic rings. The van der Waals surface area contributed by atoms with E-state index in [1.807, 2.05) is 13.0 Å². The van der Waals surface area contributed by atoms with Gasteiger partial charge in [0.2, 0.25) is 11.8 Å². The van der Waals surface area contributed by atoms with E-state index in [1.165, 1.54) is 0 Å². The van der Waals surface area contributed by atoms with Crippen LogP contribution in [0.4, 0.5) is 5.69 Å². The fourth-order valence-electron chi connectivity index (χ4n) is 2.30. The molecule has 0 saturated carbocycles. The molecule has 0 aromatic heterocycles. The zero-order chi connectivity index (χ0) is 20.9. The Morgan fingerprint density at radius 3 is 2.21 bits per heavy atom. The van der Waals surface area contributed by atoms with Crippen molar-refractivity contribution in [3.8, 4) is 5.75 Å². The second-order valence-electron chi connectivity index (χ2n) is 5.99. The van der Waals surface area contributed by atoms with E-state index in [0.717, 1.165) is 0 Å². The molecule has 0 radical (unpaired) electrons. The van der Waals surface area contributed by atoms with Crippen LogP contribution in [0.15, 0.2) is 54.6 Å². The first-order valence-corrected chi connectivity index (χ1v) is 9.33. The standard InChI is InChI=1S/C21H25N3O5/c1-2-28-14-15-29-18-10-8-16(9-11-18)21(27)24-23-20(26)13-12-19(25)22-17-6-4-3-5-7-17/h3-11H,2,12-15H2,1H3,(H,22,25)(H,23,26)(H,24,27). The van der Waals surface area contributed by atoms with Crippen LogP contribution in [0.3, 0.4) is 0 Å². The minimum atomic E-state index is -0.465. The number of para-hydroxylation sites is 1. The van der Waals surface area contributed by atoms with Crippen LogP contribution in [0.25, 0.3) is 0 Å². The molecule has 0 fully saturated rings. The quantitative estimate of drug-likeness (QED) is 0.420. The van der Waals surface area contributed by atoms with E-state index in [4.69, 9.17) is 9.47 Å². The molecule has 0 spiro atoms. The van der Waals surface area contributed by atoms with Crippen molar-refractivity contribution in [2.45, 2.75) is 19.8 Å². The first kappa shape index (κ1) is 21.9. The minimum absolute atomic E-state index is 0.00434. The molecule has 2 aromatic rings. The van der Waals surface area contributed by atoms with E-state index in [9.17, 15) is 14.4 Å². The first-order chi connectivity index (χ1) is 14.1. The average Bonchev–Trinajstić information content (AvgIpc) is 2.75. The van der Waals surface area contributed by atoms with Crippen molar-refractivity contribution in [2.75, 3.05) is 25.1 Å². The molecule has 0 heterocycles. The maximum absolute atomic E-state index is 12.1. The molecule has 3 amide bonds. The Bertz CT molecular complexity index is 794. The topological polar surface area (TPSA) is 106 Å². The fourth-order valence-corrected chi connectivity index (χ4v) is 2.30. The van der Waals surface area contributed by atoms with Crippen LogP contribution in [0.2, 0.25) is 0 Å². The van der Waals surface area contributed by atoms with E-state index >= 15 is 0 Å². The van der Waals surface area contributed by atoms with Crippen LogP contribution in [0.5, 0.6) is 5.75 Å². The molecular weight excluding hydrogens is 374 g/mol. The lowest BCUT2D eigenvalue weighted by Gasteiger charge is -2.09. The normalized spacial score (nSPS) is 10.1. The average molecular weight is 399 g/mol. The van der Waals surface area contributed by atoms with Crippen LogP contribution in [0, 0.1) is 0 Å². The van der Waals surface area contributed by atoms with Gasteiger partial charge in [-0.1, -0.05) is 18.2 Å². The Kier molecular flexibility index (Phi) is 9.17. The summed E-state index contributed by atoms with van der Waals surface area (Å²) in [6, 6.07) is 15.5. The first-order valence-electron chi connectivity index (χ1n) is 9.33. The summed E-state index contributed by atoms with van der Waals surface area (Å²) in [6.45, 7) is 3.46. The summed E-state index contributed by atoms with van der Waals surface area (Å²) in [6.07, 6.45) is -0.0457. The third kappa shape index (κ3) is 8.44. The van der Waals surface area contributed by atoms with Crippen molar-refractivity contribution < 1.29 is 23.9 Å². The van der Waals surface area contributed by atoms with Gasteiger partial charge in [0.15, 0.2) is 0 Å². The van der Waals surface area contributed by atoms with Crippen LogP contribution in [-0.2, 0) is 14.3 Å². The fraction of sp³-hybridized carbons (Fsp3) is 0.286. The molecule has 3 N–H and O–H groups in total. The Labute approximate surface area is 169 Å². The summed E-state index contributed by atoms with van der Waals surface area (Å²) in [5, 5.41) is 2.69. The van der Waals surface area contributed by atoms with Gasteiger partial charge >= 0.3 is 0 Å². The lowest BCUT2D eigenvalue weighted by Crippen LogP contribution is -2.41. The summed E-state index contributed by atoms with van der Waals surface area (Å²) in [7, 11) is 0. The van der Waals surface area contributed by atoms with Gasteiger partial charge < -0.3 is 14.8 Å². The Hall–Kier alpha value is -3.39. The van der Waals surface area contributed by atoms with Crippen LogP contribution >= 0.6 is 0 Å². The van der Waals surface area contributed by atoms with E-state index in [2.05, 4.69) is 16.2 Å². The van der Waals surface area contributed by atoms with E-state index in [0.29, 0.717) is 36.8 Å². The van der Waals surface area contributed by atoms with Crippen LogP contribution < -0.4 is 20.9 Å². The van der Waals surface area contributed by atoms with Gasteiger partial charge in [-0.3, -0.25) is 25.2 Å². The van der Waals surface area contributed by atoms with Gasteiger partial charge in [0, 0.05) is 30.7 Å². The van der Waals surface area contributed by atoms with E-state index in [1.54, 1.807) is 48.5 Å². The number of carbonyl (C=O) groups is 3. The number of hydrogen-bond acceptors (Lipinski definition) is 5. The third-order valence-corrected chi connectivity index (χ3v) is 3.77. The number of benzene rings is 2. The van der Waals surface area contributed by atoms with Gasteiger partial charge in [-0.15, -0.1) is 0 Å². The lowest BCUT2D eigenvalue weighted by molar-refractivity contribution is -0.124. The summed E-state index contributed by atoms with van der Waals surface area (Å²) in [5.41, 5.74) is 5.65. The van der Waals surface area contributed by atoms with Crippen LogP contribution in [-0.4, -0.2) is 37.5 Å². The van der Waals surface area contributed by atoms with Crippen molar-refractivity contribution in [3.05, 3.63) is 60.2 Å². The van der Waals surface area contributed by atoms with Crippen molar-refractivity contribution in [1.29, 1.82) is 0 Å². The highest BCUT2D eigenvalue weighted by atomic mass is 16.5. The molecule has 0 bridgehead atoms. The number of nitrogens with one attached hydrogen (secondary N) is 3. The second kappa shape index (κ2) is 12.1. The maximum atomic E-state index is 12.1. The molecule has 8 nitrogen and oxygen atoms in total. The Balaban J connectivity index is 1.67. The van der Waals surface area contributed by atoms with Gasteiger partial charge in [-0.25, -0.2) is 0 Å². The molecular formula is C21H25N3O5. The molecule has 0 saturated heterocycles. The summed E-state index contributed by atoms with van der Waals surface area (Å²) in [5.74, 6) is -0.585. The summed E-state index contributed by atoms with van der Waals surface area (Å²) in [4.78, 5) is 35.7. The number of anilines is 1. The van der Waals surface area contributed by atoms with Gasteiger partial charge in [0.25, 0.3) is 5.91 Å². The SMILES string of the molecule is CCOCCOc1ccc(C(=O)NNC(=O)CCC(=O)Nc2ccccc2)cc1. The van der Waals surface area contributed by atoms with E-state index in [-0.39, 0.29) is 18.7 Å². The van der Waals surface area contributed by atoms with Gasteiger partial charge in [-0.2, -0.15) is 0 Å². The van der Waals surface area contributed by atoms with Gasteiger partial charge in [0.05, 0.1) is 6.61 Å². The van der Waals surface area contributed by atoms with Gasteiger partial charge in [0.1, 0.15) is 12.4 Å². The molecule has 8 heteroatoms. The number of rotatable bonds is 10. The zero-order valence-electron chi connectivity index (χ0n) is 16.3. The van der Waals surface area contributed by atoms with Crippen molar-refractivity contribution in [3.63, 3.8) is 0 Å². The van der Waals surface area contributed by atoms with Gasteiger partial charge in [-0.05, 0) is 43.3 Å². The molecule has 0 atom stereocenters. The predicted molar refractivity (Wildman–Crippen MR) is 108 cm³/mol. The van der Waals surface area contributed by atoms with Crippen LogP contribution in [0.1, 0.15) is 30.1 Å². The summed E-state index contributed by atoms with van der Waals surface area (Å²) >= 11 is 0. The summed E-state index contributed by atoms with van der Waals surface area (Å²) < 4.78 is 10.7. The molecule has 2 aromatic carbocycles. The van der Waals surface area contributed by atoms with Crippen molar-refractivity contribution in [2.24, 2.45) is 0 Å². The minimum Gasteiger partial charge on any atom is -0.491 e. The highest BCUT2D eigenvalue weighted by Crippen LogP contribution is 2.12. The van der Waals surface area contributed by atoms with E-state index < -0.39 is 11.8 Å². The molecule has 0 unspecified atom stereocenters. The second-order valence-corrected chi connectivity index (χ2v) is 5.99.